The first-order valence-electron chi connectivity index (χ1n) is 8.08. The number of amides is 1. The quantitative estimate of drug-likeness (QED) is 0.682. The van der Waals surface area contributed by atoms with Gasteiger partial charge in [0, 0.05) is 18.2 Å². The summed E-state index contributed by atoms with van der Waals surface area (Å²) in [4.78, 5) is 20.9. The molecule has 0 unspecified atom stereocenters. The highest BCUT2D eigenvalue weighted by Gasteiger charge is 2.14. The van der Waals surface area contributed by atoms with Crippen molar-refractivity contribution in [2.45, 2.75) is 13.8 Å². The van der Waals surface area contributed by atoms with Crippen LogP contribution in [-0.4, -0.2) is 35.3 Å². The number of rotatable bonds is 6. The van der Waals surface area contributed by atoms with Gasteiger partial charge in [-0.05, 0) is 26.0 Å². The molecule has 0 spiro atoms. The Balaban J connectivity index is 1.84. The number of hydrogen-bond donors (Lipinski definition) is 2. The van der Waals surface area contributed by atoms with E-state index < -0.39 is 5.91 Å². The zero-order valence-electron chi connectivity index (χ0n) is 15.4. The Morgan fingerprint density at radius 2 is 1.85 bits per heavy atom. The van der Waals surface area contributed by atoms with Gasteiger partial charge in [-0.15, -0.1) is 0 Å². The Morgan fingerprint density at radius 3 is 2.52 bits per heavy atom. The Hall–Kier alpha value is -3.62. The number of aromatic nitrogens is 3. The Labute approximate surface area is 155 Å². The SMILES string of the molecule is COc1ccc(Nc2cc(C(=O)Nc3cc(C)on3)nc(C)n2)c(OC)c1. The van der Waals surface area contributed by atoms with Crippen LogP contribution in [0.25, 0.3) is 0 Å². The summed E-state index contributed by atoms with van der Waals surface area (Å²) in [6.07, 6.45) is 0. The van der Waals surface area contributed by atoms with Gasteiger partial charge >= 0.3 is 0 Å². The number of nitrogens with zero attached hydrogens (tertiary/aromatic N) is 3. The molecular weight excluding hydrogens is 350 g/mol. The van der Waals surface area contributed by atoms with Gasteiger partial charge in [-0.2, -0.15) is 0 Å². The molecule has 0 bridgehead atoms. The number of hydrogen-bond acceptors (Lipinski definition) is 8. The van der Waals surface area contributed by atoms with E-state index in [2.05, 4.69) is 25.8 Å². The third-order valence-corrected chi connectivity index (χ3v) is 3.61. The molecule has 0 radical (unpaired) electrons. The van der Waals surface area contributed by atoms with Gasteiger partial charge in [0.2, 0.25) is 0 Å². The highest BCUT2D eigenvalue weighted by molar-refractivity contribution is 6.02. The summed E-state index contributed by atoms with van der Waals surface area (Å²) in [5.41, 5.74) is 0.869. The monoisotopic (exact) mass is 369 g/mol. The van der Waals surface area contributed by atoms with Crippen molar-refractivity contribution in [2.24, 2.45) is 0 Å². The predicted molar refractivity (Wildman–Crippen MR) is 98.8 cm³/mol. The summed E-state index contributed by atoms with van der Waals surface area (Å²) in [6, 6.07) is 8.50. The molecule has 0 aliphatic carbocycles. The molecule has 140 valence electrons. The van der Waals surface area contributed by atoms with Crippen LogP contribution >= 0.6 is 0 Å². The van der Waals surface area contributed by atoms with Crippen LogP contribution in [0.1, 0.15) is 22.1 Å². The van der Waals surface area contributed by atoms with E-state index >= 15 is 0 Å². The van der Waals surface area contributed by atoms with Crippen LogP contribution in [-0.2, 0) is 0 Å². The number of nitrogens with one attached hydrogen (secondary N) is 2. The molecule has 0 aliphatic rings. The van der Waals surface area contributed by atoms with Gasteiger partial charge in [-0.1, -0.05) is 5.16 Å². The molecule has 9 heteroatoms. The molecule has 0 fully saturated rings. The van der Waals surface area contributed by atoms with Gasteiger partial charge in [0.25, 0.3) is 5.91 Å². The van der Waals surface area contributed by atoms with E-state index in [0.29, 0.717) is 40.4 Å². The number of carbonyl (C=O) groups excluding carboxylic acids is 1. The van der Waals surface area contributed by atoms with Gasteiger partial charge in [-0.25, -0.2) is 9.97 Å². The lowest BCUT2D eigenvalue weighted by Crippen LogP contribution is -2.15. The van der Waals surface area contributed by atoms with Crippen LogP contribution in [0.15, 0.2) is 34.9 Å². The van der Waals surface area contributed by atoms with Gasteiger partial charge in [-0.3, -0.25) is 4.79 Å². The van der Waals surface area contributed by atoms with Crippen LogP contribution in [0.4, 0.5) is 17.3 Å². The van der Waals surface area contributed by atoms with E-state index in [4.69, 9.17) is 14.0 Å². The Morgan fingerprint density at radius 1 is 1.04 bits per heavy atom. The van der Waals surface area contributed by atoms with Crippen LogP contribution in [0, 0.1) is 13.8 Å². The summed E-state index contributed by atoms with van der Waals surface area (Å²) in [7, 11) is 3.14. The third kappa shape index (κ3) is 4.32. The summed E-state index contributed by atoms with van der Waals surface area (Å²) >= 11 is 0. The van der Waals surface area contributed by atoms with Crippen LogP contribution < -0.4 is 20.1 Å². The molecule has 2 N–H and O–H groups in total. The first-order chi connectivity index (χ1) is 13.0. The van der Waals surface area contributed by atoms with Gasteiger partial charge in [0.1, 0.15) is 34.6 Å². The standard InChI is InChI=1S/C18H19N5O4/c1-10-7-17(23-27-10)22-18(24)14-9-16(20-11(2)19-14)21-13-6-5-12(25-3)8-15(13)26-4/h5-9H,1-4H3,(H,19,20,21)(H,22,23,24). The number of ether oxygens (including phenoxy) is 2. The molecule has 3 aromatic rings. The molecule has 2 heterocycles. The minimum Gasteiger partial charge on any atom is -0.497 e. The Bertz CT molecular complexity index is 970. The minimum atomic E-state index is -0.418. The average Bonchev–Trinajstić information content (AvgIpc) is 3.06. The second-order valence-corrected chi connectivity index (χ2v) is 5.65. The maximum atomic E-state index is 12.4. The predicted octanol–water partition coefficient (Wildman–Crippen LogP) is 3.09. The number of aryl methyl sites for hydroxylation is 2. The zero-order chi connectivity index (χ0) is 19.4. The molecule has 2 aromatic heterocycles. The van der Waals surface area contributed by atoms with E-state index in [1.54, 1.807) is 58.4 Å². The summed E-state index contributed by atoms with van der Waals surface area (Å²) in [5, 5.41) is 9.50. The van der Waals surface area contributed by atoms with E-state index in [0.717, 1.165) is 0 Å². The van der Waals surface area contributed by atoms with Gasteiger partial charge in [0.15, 0.2) is 5.82 Å². The lowest BCUT2D eigenvalue weighted by Gasteiger charge is -2.13. The molecule has 9 nitrogen and oxygen atoms in total. The number of methoxy groups -OCH3 is 2. The maximum Gasteiger partial charge on any atom is 0.275 e. The van der Waals surface area contributed by atoms with Crippen molar-refractivity contribution in [3.05, 3.63) is 47.6 Å². The van der Waals surface area contributed by atoms with Crippen LogP contribution in [0.3, 0.4) is 0 Å². The van der Waals surface area contributed by atoms with E-state index in [9.17, 15) is 4.79 Å². The summed E-state index contributed by atoms with van der Waals surface area (Å²) in [5.74, 6) is 2.63. The highest BCUT2D eigenvalue weighted by atomic mass is 16.5. The molecule has 1 aromatic carbocycles. The third-order valence-electron chi connectivity index (χ3n) is 3.61. The molecule has 3 rings (SSSR count). The van der Waals surface area contributed by atoms with Gasteiger partial charge < -0.3 is 24.6 Å². The van der Waals surface area contributed by atoms with Crippen LogP contribution in [0.2, 0.25) is 0 Å². The summed E-state index contributed by atoms with van der Waals surface area (Å²) in [6.45, 7) is 3.44. The smallest absolute Gasteiger partial charge is 0.275 e. The lowest BCUT2D eigenvalue weighted by molar-refractivity contribution is 0.102. The minimum absolute atomic E-state index is 0.193. The molecule has 27 heavy (non-hydrogen) atoms. The fourth-order valence-corrected chi connectivity index (χ4v) is 2.39. The zero-order valence-corrected chi connectivity index (χ0v) is 15.4. The number of anilines is 3. The molecular formula is C18H19N5O4. The topological polar surface area (TPSA) is 111 Å². The Kier molecular flexibility index (Phi) is 5.20. The van der Waals surface area contributed by atoms with Crippen molar-refractivity contribution in [1.82, 2.24) is 15.1 Å². The van der Waals surface area contributed by atoms with E-state index in [1.807, 2.05) is 0 Å². The van der Waals surface area contributed by atoms with Crippen molar-refractivity contribution in [1.29, 1.82) is 0 Å². The largest absolute Gasteiger partial charge is 0.497 e. The van der Waals surface area contributed by atoms with E-state index in [1.165, 1.54) is 0 Å². The van der Waals surface area contributed by atoms with Crippen molar-refractivity contribution >= 4 is 23.2 Å². The van der Waals surface area contributed by atoms with Crippen LogP contribution in [0.5, 0.6) is 11.5 Å². The van der Waals surface area contributed by atoms with E-state index in [-0.39, 0.29) is 5.69 Å². The average molecular weight is 369 g/mol. The first kappa shape index (κ1) is 18.2. The van der Waals surface area contributed by atoms with Crippen molar-refractivity contribution in [3.63, 3.8) is 0 Å². The fraction of sp³-hybridized carbons (Fsp3) is 0.222. The second-order valence-electron chi connectivity index (χ2n) is 5.65. The normalized spacial score (nSPS) is 10.4. The van der Waals surface area contributed by atoms with Crippen molar-refractivity contribution < 1.29 is 18.8 Å². The highest BCUT2D eigenvalue weighted by Crippen LogP contribution is 2.31. The number of benzene rings is 1. The van der Waals surface area contributed by atoms with Crippen molar-refractivity contribution in [3.8, 4) is 11.5 Å². The molecule has 0 atom stereocenters. The maximum absolute atomic E-state index is 12.4. The lowest BCUT2D eigenvalue weighted by atomic mass is 10.2. The second kappa shape index (κ2) is 7.73. The molecule has 0 aliphatic heterocycles. The summed E-state index contributed by atoms with van der Waals surface area (Å²) < 4.78 is 15.5. The first-order valence-corrected chi connectivity index (χ1v) is 8.08. The number of carbonyl (C=O) groups is 1. The molecule has 1 amide bonds. The van der Waals surface area contributed by atoms with Gasteiger partial charge in [0.05, 0.1) is 19.9 Å². The molecule has 0 saturated carbocycles. The van der Waals surface area contributed by atoms with Crippen molar-refractivity contribution in [2.75, 3.05) is 24.9 Å². The fourth-order valence-electron chi connectivity index (χ4n) is 2.39. The molecule has 0 saturated heterocycles.